The topological polar surface area (TPSA) is 68.7 Å². The SMILES string of the molecule is [C-]#[N+]C(C)(C)c1ccc(CCC2(C3CCCC3)CC(O)=C(Cc3nn(C)cc3Cl)C(=O)O2)cc1F. The van der Waals surface area contributed by atoms with Crippen molar-refractivity contribution in [2.45, 2.75) is 76.4 Å². The standard InChI is InChI=1S/C27H31ClFN3O3/c1-26(2,30-3)20-10-9-17(13-22(20)29)11-12-27(18-7-5-6-8-18)15-24(33)19(25(34)35-27)14-23-21(28)16-32(4)31-23/h9-10,13,16,18,33H,5-8,11-12,14-15H2,1-2,4H3. The van der Waals surface area contributed by atoms with E-state index in [0.29, 0.717) is 29.1 Å². The van der Waals surface area contributed by atoms with E-state index < -0.39 is 22.9 Å². The Kier molecular flexibility index (Phi) is 6.97. The van der Waals surface area contributed by atoms with Crippen molar-refractivity contribution in [3.8, 4) is 0 Å². The number of benzene rings is 1. The number of aryl methyl sites for hydroxylation is 2. The molecule has 0 bridgehead atoms. The van der Waals surface area contributed by atoms with Gasteiger partial charge in [-0.1, -0.05) is 30.5 Å². The average molecular weight is 500 g/mol. The highest BCUT2D eigenvalue weighted by atomic mass is 35.5. The van der Waals surface area contributed by atoms with Crippen molar-refractivity contribution in [3.63, 3.8) is 0 Å². The van der Waals surface area contributed by atoms with Crippen LogP contribution in [0.15, 0.2) is 35.7 Å². The molecule has 2 aromatic rings. The summed E-state index contributed by atoms with van der Waals surface area (Å²) in [5.74, 6) is -0.784. The van der Waals surface area contributed by atoms with Gasteiger partial charge in [-0.25, -0.2) is 15.8 Å². The van der Waals surface area contributed by atoms with E-state index in [0.717, 1.165) is 31.2 Å². The number of aromatic nitrogens is 2. The lowest BCUT2D eigenvalue weighted by Gasteiger charge is -2.42. The van der Waals surface area contributed by atoms with Crippen LogP contribution in [0.1, 0.15) is 69.2 Å². The van der Waals surface area contributed by atoms with Crippen LogP contribution < -0.4 is 0 Å². The molecule has 8 heteroatoms. The number of carbonyl (C=O) groups excluding carboxylic acids is 1. The predicted octanol–water partition coefficient (Wildman–Crippen LogP) is 6.23. The first-order chi connectivity index (χ1) is 16.5. The third-order valence-electron chi connectivity index (χ3n) is 7.46. The summed E-state index contributed by atoms with van der Waals surface area (Å²) in [5, 5.41) is 15.7. The summed E-state index contributed by atoms with van der Waals surface area (Å²) in [5.41, 5.74) is 0.0740. The van der Waals surface area contributed by atoms with Gasteiger partial charge in [0.2, 0.25) is 0 Å². The van der Waals surface area contributed by atoms with Crippen molar-refractivity contribution in [2.75, 3.05) is 0 Å². The highest BCUT2D eigenvalue weighted by Gasteiger charge is 2.48. The van der Waals surface area contributed by atoms with Gasteiger partial charge in [-0.15, -0.1) is 0 Å². The van der Waals surface area contributed by atoms with Crippen molar-refractivity contribution in [3.05, 3.63) is 74.8 Å². The lowest BCUT2D eigenvalue weighted by molar-refractivity contribution is -0.167. The quantitative estimate of drug-likeness (QED) is 0.362. The first-order valence-corrected chi connectivity index (χ1v) is 12.4. The van der Waals surface area contributed by atoms with Crippen LogP contribution in [0.3, 0.4) is 0 Å². The second-order valence-electron chi connectivity index (χ2n) is 10.3. The number of carbonyl (C=O) groups is 1. The van der Waals surface area contributed by atoms with Gasteiger partial charge >= 0.3 is 5.97 Å². The van der Waals surface area contributed by atoms with Crippen molar-refractivity contribution < 1.29 is 19.0 Å². The number of esters is 1. The van der Waals surface area contributed by atoms with Crippen LogP contribution in [0.4, 0.5) is 4.39 Å². The number of rotatable bonds is 7. The van der Waals surface area contributed by atoms with E-state index in [-0.39, 0.29) is 30.1 Å². The molecular weight excluding hydrogens is 469 g/mol. The van der Waals surface area contributed by atoms with Gasteiger partial charge in [-0.05, 0) is 49.3 Å². The molecule has 1 aromatic heterocycles. The smallest absolute Gasteiger partial charge is 0.338 e. The minimum absolute atomic E-state index is 0.0233. The van der Waals surface area contributed by atoms with E-state index in [9.17, 15) is 14.3 Å². The number of ether oxygens (including phenoxy) is 1. The highest BCUT2D eigenvalue weighted by molar-refractivity contribution is 6.31. The Morgan fingerprint density at radius 1 is 1.37 bits per heavy atom. The molecule has 1 aliphatic heterocycles. The Hall–Kier alpha value is -2.85. The Balaban J connectivity index is 1.58. The zero-order valence-corrected chi connectivity index (χ0v) is 21.2. The molecule has 2 heterocycles. The molecule has 0 radical (unpaired) electrons. The van der Waals surface area contributed by atoms with Crippen LogP contribution in [0.25, 0.3) is 4.85 Å². The van der Waals surface area contributed by atoms with Crippen molar-refractivity contribution in [1.82, 2.24) is 9.78 Å². The summed E-state index contributed by atoms with van der Waals surface area (Å²) in [6.07, 6.45) is 6.92. The average Bonchev–Trinajstić information content (AvgIpc) is 3.45. The zero-order valence-electron chi connectivity index (χ0n) is 20.4. The summed E-state index contributed by atoms with van der Waals surface area (Å²) >= 11 is 6.21. The molecule has 1 N–H and O–H groups in total. The molecule has 0 saturated heterocycles. The number of hydrogen-bond acceptors (Lipinski definition) is 4. The van der Waals surface area contributed by atoms with E-state index in [2.05, 4.69) is 9.94 Å². The number of aliphatic hydroxyl groups excluding tert-OH is 1. The number of hydrogen-bond donors (Lipinski definition) is 1. The lowest BCUT2D eigenvalue weighted by Crippen LogP contribution is -2.46. The van der Waals surface area contributed by atoms with Gasteiger partial charge in [0, 0.05) is 39.9 Å². The molecule has 186 valence electrons. The normalized spacial score (nSPS) is 21.3. The van der Waals surface area contributed by atoms with E-state index in [1.165, 1.54) is 6.07 Å². The number of aliphatic hydroxyl groups is 1. The van der Waals surface area contributed by atoms with Crippen LogP contribution in [0.5, 0.6) is 0 Å². The fourth-order valence-corrected chi connectivity index (χ4v) is 5.65. The maximum Gasteiger partial charge on any atom is 0.338 e. The molecule has 2 aliphatic rings. The van der Waals surface area contributed by atoms with E-state index in [1.807, 2.05) is 6.07 Å². The van der Waals surface area contributed by atoms with Crippen LogP contribution in [-0.4, -0.2) is 26.5 Å². The summed E-state index contributed by atoms with van der Waals surface area (Å²) < 4.78 is 22.5. The minimum atomic E-state index is -0.934. The Bertz CT molecular complexity index is 1210. The van der Waals surface area contributed by atoms with E-state index in [4.69, 9.17) is 22.9 Å². The van der Waals surface area contributed by atoms with Gasteiger partial charge in [0.15, 0.2) is 0 Å². The molecule has 0 amide bonds. The molecule has 1 aliphatic carbocycles. The Morgan fingerprint density at radius 2 is 2.09 bits per heavy atom. The van der Waals surface area contributed by atoms with Crippen LogP contribution in [-0.2, 0) is 35.0 Å². The molecule has 1 fully saturated rings. The maximum atomic E-state index is 14.8. The third-order valence-corrected chi connectivity index (χ3v) is 7.78. The van der Waals surface area contributed by atoms with Gasteiger partial charge in [-0.3, -0.25) is 4.68 Å². The van der Waals surface area contributed by atoms with E-state index in [1.54, 1.807) is 37.8 Å². The number of nitrogens with zero attached hydrogens (tertiary/aromatic N) is 3. The minimum Gasteiger partial charge on any atom is -0.512 e. The molecule has 1 aromatic carbocycles. The van der Waals surface area contributed by atoms with Crippen LogP contribution >= 0.6 is 11.6 Å². The van der Waals surface area contributed by atoms with Crippen LogP contribution in [0.2, 0.25) is 5.02 Å². The monoisotopic (exact) mass is 499 g/mol. The summed E-state index contributed by atoms with van der Waals surface area (Å²) in [6, 6.07) is 4.98. The highest BCUT2D eigenvalue weighted by Crippen LogP contribution is 2.46. The number of halogens is 2. The molecule has 1 saturated carbocycles. The molecule has 1 atom stereocenters. The fourth-order valence-electron chi connectivity index (χ4n) is 5.41. The first kappa shape index (κ1) is 25.2. The summed E-state index contributed by atoms with van der Waals surface area (Å²) in [4.78, 5) is 16.7. The molecular formula is C27H31ClFN3O3. The maximum absolute atomic E-state index is 14.8. The molecule has 6 nitrogen and oxygen atoms in total. The lowest BCUT2D eigenvalue weighted by atomic mass is 9.76. The molecule has 4 rings (SSSR count). The zero-order chi connectivity index (χ0) is 25.4. The Morgan fingerprint density at radius 3 is 2.66 bits per heavy atom. The van der Waals surface area contributed by atoms with Crippen molar-refractivity contribution in [2.24, 2.45) is 13.0 Å². The van der Waals surface area contributed by atoms with Gasteiger partial charge in [-0.2, -0.15) is 5.10 Å². The Labute approximate surface area is 210 Å². The predicted molar refractivity (Wildman–Crippen MR) is 131 cm³/mol. The fraction of sp³-hybridized carbons (Fsp3) is 0.519. The van der Waals surface area contributed by atoms with Gasteiger partial charge in [0.25, 0.3) is 5.54 Å². The van der Waals surface area contributed by atoms with Gasteiger partial charge < -0.3 is 14.7 Å². The van der Waals surface area contributed by atoms with Crippen LogP contribution in [0, 0.1) is 18.3 Å². The van der Waals surface area contributed by atoms with Gasteiger partial charge in [0.05, 0.1) is 21.9 Å². The van der Waals surface area contributed by atoms with E-state index >= 15 is 0 Å². The van der Waals surface area contributed by atoms with Crippen molar-refractivity contribution >= 4 is 17.6 Å². The first-order valence-electron chi connectivity index (χ1n) is 12.0. The summed E-state index contributed by atoms with van der Waals surface area (Å²) in [6.45, 7) is 10.7. The molecule has 0 spiro atoms. The van der Waals surface area contributed by atoms with Crippen molar-refractivity contribution in [1.29, 1.82) is 0 Å². The number of cyclic esters (lactones) is 1. The second-order valence-corrected chi connectivity index (χ2v) is 10.7. The largest absolute Gasteiger partial charge is 0.512 e. The third kappa shape index (κ3) is 5.08. The molecule has 35 heavy (non-hydrogen) atoms. The van der Waals surface area contributed by atoms with Gasteiger partial charge in [0.1, 0.15) is 17.2 Å². The molecule has 1 unspecified atom stereocenters. The summed E-state index contributed by atoms with van der Waals surface area (Å²) in [7, 11) is 1.74. The second kappa shape index (κ2) is 9.66.